The summed E-state index contributed by atoms with van der Waals surface area (Å²) in [6.45, 7) is 1.99. The van der Waals surface area contributed by atoms with E-state index in [1.165, 1.54) is 4.57 Å². The summed E-state index contributed by atoms with van der Waals surface area (Å²) in [4.78, 5) is 22.7. The molecule has 2 heterocycles. The summed E-state index contributed by atoms with van der Waals surface area (Å²) in [7, 11) is 2.60. The number of fused-ring (bicyclic) bond motifs is 1. The van der Waals surface area contributed by atoms with E-state index in [2.05, 4.69) is 11.1 Å². The van der Waals surface area contributed by atoms with Gasteiger partial charge in [-0.25, -0.2) is 4.98 Å². The number of nitriles is 1. The second kappa shape index (κ2) is 7.34. The van der Waals surface area contributed by atoms with E-state index < -0.39 is 22.8 Å². The summed E-state index contributed by atoms with van der Waals surface area (Å²) >= 11 is 1.55. The van der Waals surface area contributed by atoms with Gasteiger partial charge in [0.1, 0.15) is 18.5 Å². The molecule has 10 heteroatoms. The molecule has 1 fully saturated rings. The Morgan fingerprint density at radius 2 is 2.03 bits per heavy atom. The number of thioether (sulfide) groups is 1. The van der Waals surface area contributed by atoms with Gasteiger partial charge in [-0.1, -0.05) is 13.0 Å². The van der Waals surface area contributed by atoms with Gasteiger partial charge in [-0.05, 0) is 42.4 Å². The third-order valence-corrected chi connectivity index (χ3v) is 6.45. The maximum absolute atomic E-state index is 13.4. The quantitative estimate of drug-likeness (QED) is 0.549. The molecule has 0 radical (unpaired) electrons. The molecule has 3 aromatic rings. The first kappa shape index (κ1) is 21.3. The lowest BCUT2D eigenvalue weighted by molar-refractivity contribution is -0.151. The van der Waals surface area contributed by atoms with Crippen LogP contribution in [0.1, 0.15) is 31.0 Å². The molecule has 2 aromatic heterocycles. The van der Waals surface area contributed by atoms with Crippen LogP contribution in [0.15, 0.2) is 34.0 Å². The van der Waals surface area contributed by atoms with E-state index in [9.17, 15) is 23.2 Å². The van der Waals surface area contributed by atoms with Gasteiger partial charge >= 0.3 is 11.7 Å². The Morgan fingerprint density at radius 3 is 2.58 bits per heavy atom. The highest BCUT2D eigenvalue weighted by atomic mass is 32.2. The van der Waals surface area contributed by atoms with Crippen LogP contribution >= 0.6 is 11.8 Å². The van der Waals surface area contributed by atoms with Crippen molar-refractivity contribution in [2.75, 3.05) is 12.9 Å². The minimum Gasteiger partial charge on any atom is -0.413 e. The van der Waals surface area contributed by atoms with Gasteiger partial charge in [0, 0.05) is 17.5 Å². The SMILES string of the molecule is CCSc1cc(C2(C#N)CC2)ccc1-c1nc2cc(C(F)(F)F)n(OC)c(=O)c2n1C. The molecule has 6 nitrogen and oxygen atoms in total. The Labute approximate surface area is 180 Å². The van der Waals surface area contributed by atoms with Crippen molar-refractivity contribution in [1.82, 2.24) is 14.3 Å². The third kappa shape index (κ3) is 3.37. The molecule has 0 amide bonds. The molecule has 0 N–H and O–H groups in total. The molecular formula is C21H19F3N4O2S. The van der Waals surface area contributed by atoms with Gasteiger partial charge in [0.05, 0.1) is 17.0 Å². The number of benzene rings is 1. The fraction of sp³-hybridized carbons (Fsp3) is 0.381. The Morgan fingerprint density at radius 1 is 1.32 bits per heavy atom. The van der Waals surface area contributed by atoms with E-state index in [0.29, 0.717) is 11.4 Å². The van der Waals surface area contributed by atoms with E-state index >= 15 is 0 Å². The molecule has 0 atom stereocenters. The monoisotopic (exact) mass is 448 g/mol. The number of imidazole rings is 1. The first-order valence-electron chi connectivity index (χ1n) is 9.60. The Bertz CT molecular complexity index is 1280. The first-order valence-corrected chi connectivity index (χ1v) is 10.6. The maximum atomic E-state index is 13.4. The van der Waals surface area contributed by atoms with Gasteiger partial charge in [-0.15, -0.1) is 16.5 Å². The van der Waals surface area contributed by atoms with Crippen molar-refractivity contribution in [1.29, 1.82) is 5.26 Å². The highest BCUT2D eigenvalue weighted by Gasteiger charge is 2.45. The zero-order valence-electron chi connectivity index (χ0n) is 17.1. The van der Waals surface area contributed by atoms with Crippen LogP contribution in [0.2, 0.25) is 0 Å². The topological polar surface area (TPSA) is 72.8 Å². The summed E-state index contributed by atoms with van der Waals surface area (Å²) in [5, 5.41) is 9.51. The van der Waals surface area contributed by atoms with Crippen LogP contribution in [-0.4, -0.2) is 27.1 Å². The zero-order valence-corrected chi connectivity index (χ0v) is 17.9. The lowest BCUT2D eigenvalue weighted by Crippen LogP contribution is -2.32. The second-order valence-electron chi connectivity index (χ2n) is 7.38. The minimum absolute atomic E-state index is 0.0112. The summed E-state index contributed by atoms with van der Waals surface area (Å²) in [6.07, 6.45) is -3.16. The minimum atomic E-state index is -4.78. The number of aryl methyl sites for hydroxylation is 1. The summed E-state index contributed by atoms with van der Waals surface area (Å²) in [5.41, 5.74) is -1.04. The van der Waals surface area contributed by atoms with Gasteiger partial charge in [-0.2, -0.15) is 18.4 Å². The highest BCUT2D eigenvalue weighted by molar-refractivity contribution is 7.99. The molecular weight excluding hydrogens is 429 g/mol. The van der Waals surface area contributed by atoms with Crippen LogP contribution in [0, 0.1) is 11.3 Å². The smallest absolute Gasteiger partial charge is 0.413 e. The molecule has 1 aromatic carbocycles. The molecule has 0 bridgehead atoms. The van der Waals surface area contributed by atoms with Crippen molar-refractivity contribution < 1.29 is 18.0 Å². The lowest BCUT2D eigenvalue weighted by Gasteiger charge is -2.14. The normalized spacial score (nSPS) is 15.1. The Hall–Kier alpha value is -2.93. The van der Waals surface area contributed by atoms with E-state index in [4.69, 9.17) is 4.84 Å². The molecule has 0 saturated heterocycles. The van der Waals surface area contributed by atoms with Crippen LogP contribution in [0.25, 0.3) is 22.4 Å². The van der Waals surface area contributed by atoms with Crippen molar-refractivity contribution >= 4 is 22.8 Å². The molecule has 0 aliphatic heterocycles. The highest BCUT2D eigenvalue weighted by Crippen LogP contribution is 2.49. The number of alkyl halides is 3. The number of pyridine rings is 1. The summed E-state index contributed by atoms with van der Waals surface area (Å²) in [5.74, 6) is 1.13. The van der Waals surface area contributed by atoms with Crippen LogP contribution in [0.4, 0.5) is 13.2 Å². The standard InChI is InChI=1S/C21H19F3N4O2S/c1-4-31-15-9-12(20(11-25)7-8-20)5-6-13(15)18-26-14-10-16(21(22,23)24)28(30-3)19(29)17(14)27(18)2/h5-6,9-10H,4,7-8H2,1-3H3. The Kier molecular flexibility index (Phi) is 5.04. The molecule has 162 valence electrons. The van der Waals surface area contributed by atoms with Gasteiger partial charge in [0.15, 0.2) is 5.69 Å². The van der Waals surface area contributed by atoms with E-state index in [1.807, 2.05) is 25.1 Å². The van der Waals surface area contributed by atoms with Crippen molar-refractivity contribution in [3.05, 3.63) is 45.9 Å². The molecule has 31 heavy (non-hydrogen) atoms. The van der Waals surface area contributed by atoms with E-state index in [0.717, 1.165) is 42.2 Å². The number of halogens is 3. The zero-order chi connectivity index (χ0) is 22.6. The number of nitrogens with zero attached hydrogens (tertiary/aromatic N) is 4. The second-order valence-corrected chi connectivity index (χ2v) is 8.68. The van der Waals surface area contributed by atoms with E-state index in [-0.39, 0.29) is 15.8 Å². The predicted octanol–water partition coefficient (Wildman–Crippen LogP) is 4.15. The molecule has 4 rings (SSSR count). The van der Waals surface area contributed by atoms with Crippen molar-refractivity contribution in [2.24, 2.45) is 7.05 Å². The van der Waals surface area contributed by atoms with Crippen molar-refractivity contribution in [3.63, 3.8) is 0 Å². The van der Waals surface area contributed by atoms with Gasteiger partial charge in [0.25, 0.3) is 0 Å². The third-order valence-electron chi connectivity index (χ3n) is 5.51. The van der Waals surface area contributed by atoms with Gasteiger partial charge in [0.2, 0.25) is 0 Å². The van der Waals surface area contributed by atoms with Gasteiger partial charge < -0.3 is 9.40 Å². The van der Waals surface area contributed by atoms with Crippen LogP contribution in [0.5, 0.6) is 0 Å². The summed E-state index contributed by atoms with van der Waals surface area (Å²) < 4.78 is 42.0. The predicted molar refractivity (Wildman–Crippen MR) is 111 cm³/mol. The van der Waals surface area contributed by atoms with Gasteiger partial charge in [-0.3, -0.25) is 4.79 Å². The van der Waals surface area contributed by atoms with Crippen LogP contribution < -0.4 is 10.4 Å². The molecule has 1 saturated carbocycles. The number of hydrogen-bond donors (Lipinski definition) is 0. The number of hydrogen-bond acceptors (Lipinski definition) is 5. The average Bonchev–Trinajstić information content (AvgIpc) is 3.45. The number of rotatable bonds is 5. The van der Waals surface area contributed by atoms with Crippen LogP contribution in [0.3, 0.4) is 0 Å². The summed E-state index contributed by atoms with van der Waals surface area (Å²) in [6, 6.07) is 8.83. The molecule has 0 spiro atoms. The van der Waals surface area contributed by atoms with Crippen LogP contribution in [-0.2, 0) is 18.6 Å². The molecule has 1 aliphatic rings. The lowest BCUT2D eigenvalue weighted by atomic mass is 9.96. The molecule has 0 unspecified atom stereocenters. The number of aromatic nitrogens is 3. The largest absolute Gasteiger partial charge is 0.435 e. The van der Waals surface area contributed by atoms with Crippen molar-refractivity contribution in [2.45, 2.75) is 36.3 Å². The fourth-order valence-corrected chi connectivity index (χ4v) is 4.59. The first-order chi connectivity index (χ1) is 14.7. The Balaban J connectivity index is 1.95. The van der Waals surface area contributed by atoms with E-state index in [1.54, 1.807) is 18.8 Å². The molecule has 1 aliphatic carbocycles. The van der Waals surface area contributed by atoms with Crippen molar-refractivity contribution in [3.8, 4) is 17.5 Å². The maximum Gasteiger partial charge on any atom is 0.435 e. The average molecular weight is 448 g/mol. The fourth-order valence-electron chi connectivity index (χ4n) is 3.76.